The van der Waals surface area contributed by atoms with Crippen LogP contribution >= 0.6 is 0 Å². The topological polar surface area (TPSA) is 122 Å². The zero-order valence-electron chi connectivity index (χ0n) is 17.1. The van der Waals surface area contributed by atoms with Gasteiger partial charge in [0.2, 0.25) is 17.6 Å². The number of nitrogens with zero attached hydrogens (tertiary/aromatic N) is 4. The normalized spacial score (nSPS) is 15.5. The minimum absolute atomic E-state index is 0.0201. The second-order valence-electron chi connectivity index (χ2n) is 7.44. The number of piperidine rings is 1. The quantitative estimate of drug-likeness (QED) is 0.518. The Kier molecular flexibility index (Phi) is 6.65. The van der Waals surface area contributed by atoms with E-state index in [4.69, 9.17) is 0 Å². The van der Waals surface area contributed by atoms with Gasteiger partial charge in [-0.2, -0.15) is 0 Å². The van der Waals surface area contributed by atoms with E-state index in [-0.39, 0.29) is 23.5 Å². The highest BCUT2D eigenvalue weighted by atomic mass is 16.6. The number of anilines is 1. The van der Waals surface area contributed by atoms with Crippen molar-refractivity contribution < 1.29 is 14.5 Å². The zero-order chi connectivity index (χ0) is 21.7. The van der Waals surface area contributed by atoms with E-state index < -0.39 is 11.0 Å². The number of aryl methyl sites for hydroxylation is 1. The second kappa shape index (κ2) is 9.38. The van der Waals surface area contributed by atoms with E-state index in [2.05, 4.69) is 15.6 Å². The maximum absolute atomic E-state index is 12.8. The van der Waals surface area contributed by atoms with Gasteiger partial charge in [-0.05, 0) is 31.0 Å². The molecule has 0 radical (unpaired) electrons. The molecule has 1 atom stereocenters. The summed E-state index contributed by atoms with van der Waals surface area (Å²) in [5.74, 6) is -0.137. The fraction of sp³-hybridized carbons (Fsp3) is 0.450. The van der Waals surface area contributed by atoms with Crippen LogP contribution in [0, 0.1) is 10.1 Å². The number of hydrogen-bond acceptors (Lipinski definition) is 6. The molecule has 0 saturated carbocycles. The van der Waals surface area contributed by atoms with E-state index in [9.17, 15) is 19.7 Å². The Morgan fingerprint density at radius 2 is 2.03 bits per heavy atom. The highest BCUT2D eigenvalue weighted by Crippen LogP contribution is 2.27. The van der Waals surface area contributed by atoms with Crippen molar-refractivity contribution in [1.29, 1.82) is 0 Å². The molecule has 1 saturated heterocycles. The van der Waals surface area contributed by atoms with Crippen LogP contribution in [0.2, 0.25) is 0 Å². The molecular weight excluding hydrogens is 388 g/mol. The first-order valence-corrected chi connectivity index (χ1v) is 9.87. The van der Waals surface area contributed by atoms with Crippen LogP contribution in [0.15, 0.2) is 36.7 Å². The van der Waals surface area contributed by atoms with Gasteiger partial charge in [-0.15, -0.1) is 0 Å². The molecule has 0 spiro atoms. The van der Waals surface area contributed by atoms with Gasteiger partial charge in [-0.1, -0.05) is 0 Å². The number of pyridine rings is 1. The number of carbonyl (C=O) groups excluding carboxylic acids is 2. The lowest BCUT2D eigenvalue weighted by Gasteiger charge is -2.33. The van der Waals surface area contributed by atoms with Crippen molar-refractivity contribution in [1.82, 2.24) is 20.2 Å². The largest absolute Gasteiger partial charge is 0.354 e. The SMILES string of the molecule is CC(=O)N[C@H](Cc1cccn1C)C(=O)NC1CCN(c2ncccc2[N+](=O)[O-])CC1. The van der Waals surface area contributed by atoms with E-state index in [0.29, 0.717) is 38.2 Å². The Labute approximate surface area is 174 Å². The van der Waals surface area contributed by atoms with E-state index in [1.807, 2.05) is 34.8 Å². The second-order valence-corrected chi connectivity index (χ2v) is 7.44. The molecule has 2 N–H and O–H groups in total. The van der Waals surface area contributed by atoms with Crippen LogP contribution in [0.3, 0.4) is 0 Å². The molecule has 0 aromatic carbocycles. The van der Waals surface area contributed by atoms with Gasteiger partial charge in [0.25, 0.3) is 0 Å². The lowest BCUT2D eigenvalue weighted by molar-refractivity contribution is -0.384. The Balaban J connectivity index is 1.60. The van der Waals surface area contributed by atoms with Crippen molar-refractivity contribution in [2.24, 2.45) is 7.05 Å². The average Bonchev–Trinajstić information content (AvgIpc) is 3.12. The maximum atomic E-state index is 12.8. The van der Waals surface area contributed by atoms with Gasteiger partial charge in [0.1, 0.15) is 6.04 Å². The average molecular weight is 414 g/mol. The molecule has 2 aromatic heterocycles. The van der Waals surface area contributed by atoms with Crippen molar-refractivity contribution in [3.63, 3.8) is 0 Å². The molecule has 1 fully saturated rings. The van der Waals surface area contributed by atoms with Crippen LogP contribution in [-0.2, 0) is 23.1 Å². The number of rotatable bonds is 7. The van der Waals surface area contributed by atoms with E-state index in [1.54, 1.807) is 6.07 Å². The molecule has 0 aliphatic carbocycles. The summed E-state index contributed by atoms with van der Waals surface area (Å²) in [5, 5.41) is 17.0. The van der Waals surface area contributed by atoms with Gasteiger partial charge >= 0.3 is 5.69 Å². The monoisotopic (exact) mass is 414 g/mol. The number of amides is 2. The Morgan fingerprint density at radius 3 is 2.63 bits per heavy atom. The first kappa shape index (κ1) is 21.3. The minimum Gasteiger partial charge on any atom is -0.354 e. The lowest BCUT2D eigenvalue weighted by atomic mass is 10.0. The third-order valence-electron chi connectivity index (χ3n) is 5.26. The van der Waals surface area contributed by atoms with Gasteiger partial charge in [0, 0.05) is 63.7 Å². The van der Waals surface area contributed by atoms with Crippen molar-refractivity contribution in [3.8, 4) is 0 Å². The van der Waals surface area contributed by atoms with Crippen LogP contribution in [-0.4, -0.2) is 51.5 Å². The fourth-order valence-corrected chi connectivity index (χ4v) is 3.68. The van der Waals surface area contributed by atoms with Crippen molar-refractivity contribution in [3.05, 3.63) is 52.5 Å². The van der Waals surface area contributed by atoms with Crippen LogP contribution in [0.1, 0.15) is 25.5 Å². The molecule has 3 rings (SSSR count). The molecule has 10 heteroatoms. The molecule has 10 nitrogen and oxygen atoms in total. The van der Waals surface area contributed by atoms with Crippen LogP contribution in [0.4, 0.5) is 11.5 Å². The number of aromatic nitrogens is 2. The third kappa shape index (κ3) is 5.13. The summed E-state index contributed by atoms with van der Waals surface area (Å²) >= 11 is 0. The number of carbonyl (C=O) groups is 2. The number of nitrogens with one attached hydrogen (secondary N) is 2. The smallest absolute Gasteiger partial charge is 0.311 e. The molecule has 1 aliphatic rings. The summed E-state index contributed by atoms with van der Waals surface area (Å²) in [4.78, 5) is 41.3. The Hall–Kier alpha value is -3.43. The third-order valence-corrected chi connectivity index (χ3v) is 5.26. The molecular formula is C20H26N6O4. The van der Waals surface area contributed by atoms with Gasteiger partial charge in [-0.3, -0.25) is 19.7 Å². The summed E-state index contributed by atoms with van der Waals surface area (Å²) in [6.45, 7) is 2.49. The summed E-state index contributed by atoms with van der Waals surface area (Å²) in [6, 6.07) is 6.07. The summed E-state index contributed by atoms with van der Waals surface area (Å²) < 4.78 is 1.92. The minimum atomic E-state index is -0.661. The summed E-state index contributed by atoms with van der Waals surface area (Å²) in [7, 11) is 1.89. The van der Waals surface area contributed by atoms with Gasteiger partial charge in [0.05, 0.1) is 4.92 Å². The summed E-state index contributed by atoms with van der Waals surface area (Å²) in [5.41, 5.74) is 0.925. The molecule has 1 aliphatic heterocycles. The standard InChI is InChI=1S/C20H26N6O4/c1-14(27)22-17(13-16-5-4-10-24(16)2)20(28)23-15-7-11-25(12-8-15)19-18(26(29)30)6-3-9-21-19/h3-6,9-10,15,17H,7-8,11-13H2,1-2H3,(H,22,27)(H,23,28)/t17-/m1/s1. The van der Waals surface area contributed by atoms with E-state index in [1.165, 1.54) is 19.2 Å². The van der Waals surface area contributed by atoms with Crippen LogP contribution in [0.25, 0.3) is 0 Å². The Morgan fingerprint density at radius 1 is 1.30 bits per heavy atom. The molecule has 160 valence electrons. The molecule has 30 heavy (non-hydrogen) atoms. The van der Waals surface area contributed by atoms with Crippen molar-refractivity contribution >= 4 is 23.3 Å². The highest BCUT2D eigenvalue weighted by Gasteiger charge is 2.28. The van der Waals surface area contributed by atoms with E-state index >= 15 is 0 Å². The zero-order valence-corrected chi connectivity index (χ0v) is 17.1. The maximum Gasteiger partial charge on any atom is 0.311 e. The first-order valence-electron chi connectivity index (χ1n) is 9.87. The number of nitro groups is 1. The van der Waals surface area contributed by atoms with Crippen LogP contribution < -0.4 is 15.5 Å². The van der Waals surface area contributed by atoms with Crippen molar-refractivity contribution in [2.45, 2.75) is 38.3 Å². The molecule has 0 bridgehead atoms. The van der Waals surface area contributed by atoms with Gasteiger partial charge in [0.15, 0.2) is 0 Å². The highest BCUT2D eigenvalue weighted by molar-refractivity contribution is 5.87. The fourth-order valence-electron chi connectivity index (χ4n) is 3.68. The van der Waals surface area contributed by atoms with Crippen LogP contribution in [0.5, 0.6) is 0 Å². The van der Waals surface area contributed by atoms with Crippen molar-refractivity contribution in [2.75, 3.05) is 18.0 Å². The number of hydrogen-bond donors (Lipinski definition) is 2. The molecule has 2 amide bonds. The van der Waals surface area contributed by atoms with Gasteiger partial charge < -0.3 is 20.1 Å². The lowest BCUT2D eigenvalue weighted by Crippen LogP contribution is -2.52. The first-order chi connectivity index (χ1) is 14.3. The predicted octanol–water partition coefficient (Wildman–Crippen LogP) is 1.16. The van der Waals surface area contributed by atoms with Gasteiger partial charge in [-0.25, -0.2) is 4.98 Å². The Bertz CT molecular complexity index is 920. The summed E-state index contributed by atoms with van der Waals surface area (Å²) in [6.07, 6.45) is 5.10. The molecule has 3 heterocycles. The molecule has 0 unspecified atom stereocenters. The van der Waals surface area contributed by atoms with E-state index in [0.717, 1.165) is 5.69 Å². The predicted molar refractivity (Wildman–Crippen MR) is 111 cm³/mol. The molecule has 2 aromatic rings.